The Morgan fingerprint density at radius 1 is 1.26 bits per heavy atom. The zero-order valence-electron chi connectivity index (χ0n) is 21.0. The summed E-state index contributed by atoms with van der Waals surface area (Å²) in [6.45, 7) is 11.6. The van der Waals surface area contributed by atoms with Gasteiger partial charge in [-0.1, -0.05) is 44.4 Å². The molecule has 1 rings (SSSR count). The number of nitrogens with one attached hydrogen (secondary N) is 2. The van der Waals surface area contributed by atoms with Gasteiger partial charge in [-0.2, -0.15) is 0 Å². The molecule has 0 spiro atoms. The third-order valence-corrected chi connectivity index (χ3v) is 5.95. The number of hydrogen-bond donors (Lipinski definition) is 5. The van der Waals surface area contributed by atoms with Gasteiger partial charge in [-0.15, -0.1) is 0 Å². The van der Waals surface area contributed by atoms with Crippen LogP contribution in [0.4, 0.5) is 0 Å². The number of phenols is 1. The van der Waals surface area contributed by atoms with Crippen molar-refractivity contribution in [2.75, 3.05) is 13.7 Å². The molecular weight excluding hydrogens is 448 g/mol. The number of carboxylic acids is 1. The van der Waals surface area contributed by atoms with Crippen LogP contribution >= 0.6 is 0 Å². The van der Waals surface area contributed by atoms with E-state index in [2.05, 4.69) is 23.8 Å². The lowest BCUT2D eigenvalue weighted by Crippen LogP contribution is -2.51. The number of phenolic OH excluding ortho intramolecular Hbond substituents is 1. The van der Waals surface area contributed by atoms with Gasteiger partial charge in [-0.3, -0.25) is 9.59 Å². The SMILES string of the molecule is C=C/C=C(\C=C)C(CC)CC(O)C(C)NC(=O)C(CC(=O)O)NCCCc1ccc(OC)c(O)c1. The maximum atomic E-state index is 12.8. The first-order valence-electron chi connectivity index (χ1n) is 11.9. The van der Waals surface area contributed by atoms with Gasteiger partial charge in [0.1, 0.15) is 0 Å². The fourth-order valence-electron chi connectivity index (χ4n) is 3.85. The Kier molecular flexibility index (Phi) is 13.5. The Bertz CT molecular complexity index is 882. The first-order chi connectivity index (χ1) is 16.7. The Morgan fingerprint density at radius 3 is 2.51 bits per heavy atom. The number of methoxy groups -OCH3 is 1. The van der Waals surface area contributed by atoms with Crippen molar-refractivity contribution in [3.63, 3.8) is 0 Å². The number of aryl methyl sites for hydroxylation is 1. The number of carbonyl (C=O) groups is 2. The first kappa shape index (κ1) is 29.9. The molecule has 0 radical (unpaired) electrons. The van der Waals surface area contributed by atoms with E-state index < -0.39 is 30.1 Å². The number of aliphatic carboxylic acids is 1. The molecule has 4 unspecified atom stereocenters. The van der Waals surface area contributed by atoms with Crippen LogP contribution in [-0.4, -0.2) is 59.0 Å². The maximum absolute atomic E-state index is 12.8. The van der Waals surface area contributed by atoms with Crippen LogP contribution in [-0.2, 0) is 16.0 Å². The summed E-state index contributed by atoms with van der Waals surface area (Å²) < 4.78 is 5.03. The number of carboxylic acid groups (broad SMARTS) is 1. The Balaban J connectivity index is 2.66. The van der Waals surface area contributed by atoms with E-state index in [1.807, 2.05) is 19.1 Å². The Hall–Kier alpha value is -3.10. The molecule has 5 N–H and O–H groups in total. The second kappa shape index (κ2) is 15.7. The van der Waals surface area contributed by atoms with Gasteiger partial charge < -0.3 is 30.7 Å². The number of amides is 1. The van der Waals surface area contributed by atoms with Crippen molar-refractivity contribution in [3.8, 4) is 11.5 Å². The monoisotopic (exact) mass is 488 g/mol. The molecular formula is C27H40N2O6. The van der Waals surface area contributed by atoms with Gasteiger partial charge in [-0.05, 0) is 68.3 Å². The topological polar surface area (TPSA) is 128 Å². The fraction of sp³-hybridized carbons (Fsp3) is 0.481. The third kappa shape index (κ3) is 10.4. The van der Waals surface area contributed by atoms with Gasteiger partial charge in [0.25, 0.3) is 0 Å². The largest absolute Gasteiger partial charge is 0.504 e. The summed E-state index contributed by atoms with van der Waals surface area (Å²) in [5.74, 6) is -1.06. The van der Waals surface area contributed by atoms with Crippen molar-refractivity contribution >= 4 is 11.9 Å². The van der Waals surface area contributed by atoms with E-state index in [0.717, 1.165) is 17.6 Å². The molecule has 0 aromatic heterocycles. The molecule has 8 heteroatoms. The molecule has 1 aromatic rings. The predicted molar refractivity (Wildman–Crippen MR) is 138 cm³/mol. The van der Waals surface area contributed by atoms with E-state index in [9.17, 15) is 24.9 Å². The molecule has 1 amide bonds. The Morgan fingerprint density at radius 2 is 1.97 bits per heavy atom. The molecule has 35 heavy (non-hydrogen) atoms. The van der Waals surface area contributed by atoms with Gasteiger partial charge >= 0.3 is 5.97 Å². The van der Waals surface area contributed by atoms with Crippen molar-refractivity contribution < 1.29 is 29.6 Å². The van der Waals surface area contributed by atoms with Crippen molar-refractivity contribution in [1.82, 2.24) is 10.6 Å². The van der Waals surface area contributed by atoms with E-state index in [4.69, 9.17) is 4.74 Å². The minimum atomic E-state index is -1.10. The number of rotatable bonds is 17. The summed E-state index contributed by atoms with van der Waals surface area (Å²) >= 11 is 0. The minimum absolute atomic E-state index is 0.0548. The number of aliphatic hydroxyl groups is 1. The summed E-state index contributed by atoms with van der Waals surface area (Å²) in [5, 5.41) is 35.6. The number of aromatic hydroxyl groups is 1. The van der Waals surface area contributed by atoms with Crippen LogP contribution < -0.4 is 15.4 Å². The maximum Gasteiger partial charge on any atom is 0.305 e. The van der Waals surface area contributed by atoms with Crippen LogP contribution in [0.5, 0.6) is 11.5 Å². The first-order valence-corrected chi connectivity index (χ1v) is 11.9. The lowest BCUT2D eigenvalue weighted by Gasteiger charge is -2.27. The number of hydrogen-bond acceptors (Lipinski definition) is 6. The van der Waals surface area contributed by atoms with Crippen LogP contribution in [0.3, 0.4) is 0 Å². The van der Waals surface area contributed by atoms with E-state index in [0.29, 0.717) is 31.6 Å². The lowest BCUT2D eigenvalue weighted by atomic mass is 9.88. The quantitative estimate of drug-likeness (QED) is 0.168. The number of aliphatic hydroxyl groups excluding tert-OH is 1. The van der Waals surface area contributed by atoms with E-state index in [-0.39, 0.29) is 18.1 Å². The van der Waals surface area contributed by atoms with E-state index in [1.54, 1.807) is 31.2 Å². The van der Waals surface area contributed by atoms with Crippen LogP contribution in [0.1, 0.15) is 45.1 Å². The standard InChI is InChI=1S/C27H40N2O6/c1-6-10-20(7-2)21(8-3)16-23(30)18(4)29-27(34)22(17-26(32)33)28-14-9-11-19-12-13-25(35-5)24(31)15-19/h6-7,10,12-13,15,18,21-23,28,30-31H,1-2,8-9,11,14,16-17H2,3-5H3,(H,29,34)(H,32,33)/b20-10+. The fourth-order valence-corrected chi connectivity index (χ4v) is 3.85. The van der Waals surface area contributed by atoms with Crippen LogP contribution in [0.2, 0.25) is 0 Å². The number of ether oxygens (including phenoxy) is 1. The predicted octanol–water partition coefficient (Wildman–Crippen LogP) is 3.35. The molecule has 0 aliphatic carbocycles. The van der Waals surface area contributed by atoms with Gasteiger partial charge in [0, 0.05) is 0 Å². The summed E-state index contributed by atoms with van der Waals surface area (Å²) in [4.78, 5) is 24.1. The Labute approximate surface area is 208 Å². The van der Waals surface area contributed by atoms with Crippen molar-refractivity contribution in [1.29, 1.82) is 0 Å². The summed E-state index contributed by atoms with van der Waals surface area (Å²) in [7, 11) is 1.48. The van der Waals surface area contributed by atoms with Crippen molar-refractivity contribution in [2.24, 2.45) is 5.92 Å². The van der Waals surface area contributed by atoms with Gasteiger partial charge in [0.15, 0.2) is 11.5 Å². The highest BCUT2D eigenvalue weighted by atomic mass is 16.5. The highest BCUT2D eigenvalue weighted by molar-refractivity contribution is 5.86. The summed E-state index contributed by atoms with van der Waals surface area (Å²) in [6.07, 6.45) is 6.56. The molecule has 0 bridgehead atoms. The molecule has 0 aliphatic heterocycles. The van der Waals surface area contributed by atoms with Gasteiger partial charge in [-0.25, -0.2) is 0 Å². The minimum Gasteiger partial charge on any atom is -0.504 e. The van der Waals surface area contributed by atoms with Crippen molar-refractivity contribution in [2.45, 2.75) is 64.1 Å². The second-order valence-corrected chi connectivity index (χ2v) is 8.53. The molecule has 8 nitrogen and oxygen atoms in total. The average Bonchev–Trinajstić information content (AvgIpc) is 2.82. The molecule has 0 saturated carbocycles. The van der Waals surface area contributed by atoms with Crippen LogP contribution in [0.15, 0.2) is 55.2 Å². The number of allylic oxidation sites excluding steroid dienone is 4. The highest BCUT2D eigenvalue weighted by Gasteiger charge is 2.26. The molecule has 0 fully saturated rings. The molecule has 0 saturated heterocycles. The van der Waals surface area contributed by atoms with Crippen LogP contribution in [0, 0.1) is 5.92 Å². The van der Waals surface area contributed by atoms with Crippen molar-refractivity contribution in [3.05, 3.63) is 60.7 Å². The second-order valence-electron chi connectivity index (χ2n) is 8.53. The third-order valence-electron chi connectivity index (χ3n) is 5.95. The van der Waals surface area contributed by atoms with Gasteiger partial charge in [0.05, 0.1) is 31.7 Å². The molecule has 194 valence electrons. The highest BCUT2D eigenvalue weighted by Crippen LogP contribution is 2.26. The molecule has 4 atom stereocenters. The lowest BCUT2D eigenvalue weighted by molar-refractivity contribution is -0.140. The number of carbonyl (C=O) groups excluding carboxylic acids is 1. The molecule has 1 aromatic carbocycles. The summed E-state index contributed by atoms with van der Waals surface area (Å²) in [6, 6.07) is 3.65. The van der Waals surface area contributed by atoms with Crippen LogP contribution in [0.25, 0.3) is 0 Å². The zero-order chi connectivity index (χ0) is 26.4. The molecule has 0 heterocycles. The smallest absolute Gasteiger partial charge is 0.305 e. The molecule has 0 aliphatic rings. The number of benzene rings is 1. The normalized spacial score (nSPS) is 14.9. The average molecular weight is 489 g/mol. The summed E-state index contributed by atoms with van der Waals surface area (Å²) in [5.41, 5.74) is 1.87. The van der Waals surface area contributed by atoms with Gasteiger partial charge in [0.2, 0.25) is 5.91 Å². The van der Waals surface area contributed by atoms with E-state index in [1.165, 1.54) is 7.11 Å². The van der Waals surface area contributed by atoms with E-state index >= 15 is 0 Å². The zero-order valence-corrected chi connectivity index (χ0v) is 21.0.